The van der Waals surface area contributed by atoms with E-state index in [1.807, 2.05) is 18.9 Å². The molecule has 0 aromatic heterocycles. The highest BCUT2D eigenvalue weighted by Crippen LogP contribution is 2.30. The molecule has 5 heteroatoms. The molecule has 4 nitrogen and oxygen atoms in total. The van der Waals surface area contributed by atoms with E-state index in [-0.39, 0.29) is 5.91 Å². The van der Waals surface area contributed by atoms with Crippen molar-refractivity contribution in [2.24, 2.45) is 0 Å². The summed E-state index contributed by atoms with van der Waals surface area (Å²) < 4.78 is 0. The van der Waals surface area contributed by atoms with Gasteiger partial charge < -0.3 is 4.90 Å². The third kappa shape index (κ3) is 2.75. The lowest BCUT2D eigenvalue weighted by atomic mass is 10.00. The largest absolute Gasteiger partial charge is 0.350 e. The average Bonchev–Trinajstić information content (AvgIpc) is 3.34. The second-order valence-corrected chi connectivity index (χ2v) is 9.10. The highest BCUT2D eigenvalue weighted by atomic mass is 32.1. The summed E-state index contributed by atoms with van der Waals surface area (Å²) in [6, 6.07) is 20.9. The first-order chi connectivity index (χ1) is 15.7. The minimum absolute atomic E-state index is 0.0546. The van der Waals surface area contributed by atoms with Gasteiger partial charge in [0.05, 0.1) is 16.6 Å². The van der Waals surface area contributed by atoms with Crippen LogP contribution < -0.4 is 4.99 Å². The van der Waals surface area contributed by atoms with Crippen LogP contribution >= 0.6 is 10.9 Å². The number of rotatable bonds is 3. The van der Waals surface area contributed by atoms with Gasteiger partial charge in [-0.3, -0.25) is 9.69 Å². The van der Waals surface area contributed by atoms with Crippen LogP contribution in [-0.2, 0) is 4.79 Å². The number of amides is 1. The van der Waals surface area contributed by atoms with Crippen LogP contribution in [0.25, 0.3) is 22.5 Å². The maximum Gasteiger partial charge on any atom is 0.275 e. The molecule has 0 radical (unpaired) electrons. The molecule has 0 atom stereocenters. The molecule has 1 amide bonds. The van der Waals surface area contributed by atoms with Gasteiger partial charge in [0.2, 0.25) is 11.4 Å². The van der Waals surface area contributed by atoms with E-state index in [1.54, 1.807) is 10.9 Å². The Morgan fingerprint density at radius 2 is 1.78 bits per heavy atom. The Labute approximate surface area is 190 Å². The van der Waals surface area contributed by atoms with Gasteiger partial charge in [0, 0.05) is 31.4 Å². The maximum atomic E-state index is 13.5. The van der Waals surface area contributed by atoms with E-state index in [1.165, 1.54) is 21.9 Å². The number of benzene rings is 3. The van der Waals surface area contributed by atoms with Crippen molar-refractivity contribution < 1.29 is 9.79 Å². The standard InChI is InChI=1S/C27H21N3OS/c1-3-30-23(16-22-19-11-5-4-8-17(19)14-15-29(22)2)32-26(27(30)31)25-20-12-6-9-18-10-7-13-21(28-25)24(18)20/h4-16H,3H2,1-2H3/p+1. The molecular formula is C27H22N3OS+. The quantitative estimate of drug-likeness (QED) is 0.506. The highest BCUT2D eigenvalue weighted by Gasteiger charge is 2.37. The molecule has 3 aliphatic heterocycles. The topological polar surface area (TPSA) is 37.5 Å². The first-order valence-electron chi connectivity index (χ1n) is 10.8. The van der Waals surface area contributed by atoms with Crippen LogP contribution in [0.2, 0.25) is 0 Å². The number of fused-ring (bicyclic) bond motifs is 1. The molecular weight excluding hydrogens is 414 g/mol. The van der Waals surface area contributed by atoms with E-state index >= 15 is 0 Å². The van der Waals surface area contributed by atoms with Crippen molar-refractivity contribution in [1.29, 1.82) is 0 Å². The molecule has 3 heterocycles. The molecule has 0 saturated carbocycles. The second-order valence-electron chi connectivity index (χ2n) is 8.07. The zero-order chi connectivity index (χ0) is 21.8. The number of carbonyl (C=O) groups is 1. The predicted molar refractivity (Wildman–Crippen MR) is 135 cm³/mol. The molecule has 156 valence electrons. The van der Waals surface area contributed by atoms with Crippen LogP contribution in [0, 0.1) is 0 Å². The lowest BCUT2D eigenvalue weighted by Crippen LogP contribution is -2.67. The van der Waals surface area contributed by atoms with E-state index in [4.69, 9.17) is 0 Å². The maximum absolute atomic E-state index is 13.5. The van der Waals surface area contributed by atoms with Gasteiger partial charge in [-0.2, -0.15) is 0 Å². The van der Waals surface area contributed by atoms with Gasteiger partial charge in [-0.25, -0.2) is 4.99 Å². The fourth-order valence-corrected chi connectivity index (χ4v) is 5.82. The normalized spacial score (nSPS) is 18.0. The lowest BCUT2D eigenvalue weighted by Gasteiger charge is -2.26. The van der Waals surface area contributed by atoms with Crippen molar-refractivity contribution in [3.05, 3.63) is 89.6 Å². The van der Waals surface area contributed by atoms with E-state index in [0.29, 0.717) is 6.54 Å². The summed E-state index contributed by atoms with van der Waals surface area (Å²) in [4.78, 5) is 22.7. The molecule has 3 aromatic carbocycles. The summed E-state index contributed by atoms with van der Waals surface area (Å²) in [5.41, 5.74) is 6.53. The molecule has 0 aliphatic carbocycles. The second kappa shape index (κ2) is 7.18. The highest BCUT2D eigenvalue weighted by molar-refractivity contribution is 8.01. The van der Waals surface area contributed by atoms with Crippen LogP contribution in [0.4, 0.5) is 5.69 Å². The van der Waals surface area contributed by atoms with Gasteiger partial charge in [-0.05, 0) is 36.1 Å². The monoisotopic (exact) mass is 436 g/mol. The summed E-state index contributed by atoms with van der Waals surface area (Å²) in [7, 11) is 3.60. The van der Waals surface area contributed by atoms with Gasteiger partial charge in [-0.1, -0.05) is 48.5 Å². The fourth-order valence-electron chi connectivity index (χ4n) is 4.66. The Morgan fingerprint density at radius 3 is 2.62 bits per heavy atom. The number of nitrogens with one attached hydrogen (secondary N) is 1. The average molecular weight is 437 g/mol. The Kier molecular flexibility index (Phi) is 4.26. The minimum atomic E-state index is 0.0546. The first-order valence-corrected chi connectivity index (χ1v) is 11.6. The van der Waals surface area contributed by atoms with Crippen LogP contribution in [0.3, 0.4) is 0 Å². The molecule has 3 aliphatic rings. The summed E-state index contributed by atoms with van der Waals surface area (Å²) in [5.74, 6) is 0.0546. The summed E-state index contributed by atoms with van der Waals surface area (Å²) >= 11 is 0. The van der Waals surface area contributed by atoms with Crippen LogP contribution in [0.1, 0.15) is 23.6 Å². The molecule has 0 fully saturated rings. The number of nitrogens with zero attached hydrogens (tertiary/aromatic N) is 2. The van der Waals surface area contributed by atoms with Crippen molar-refractivity contribution in [1.82, 2.24) is 9.80 Å². The van der Waals surface area contributed by atoms with Crippen molar-refractivity contribution in [2.45, 2.75) is 6.92 Å². The molecule has 1 N–H and O–H groups in total. The molecule has 3 aromatic rings. The summed E-state index contributed by atoms with van der Waals surface area (Å²) in [6.45, 7) is 2.65. The van der Waals surface area contributed by atoms with E-state index in [0.717, 1.165) is 32.5 Å². The first kappa shape index (κ1) is 19.0. The zero-order valence-electron chi connectivity index (χ0n) is 17.9. The Balaban J connectivity index is 1.52. The summed E-state index contributed by atoms with van der Waals surface area (Å²) in [6.07, 6.45) is 6.34. The van der Waals surface area contributed by atoms with Gasteiger partial charge in [0.15, 0.2) is 4.86 Å². The molecule has 32 heavy (non-hydrogen) atoms. The van der Waals surface area contributed by atoms with Gasteiger partial charge in [-0.15, -0.1) is 10.9 Å². The van der Waals surface area contributed by atoms with Gasteiger partial charge in [0.1, 0.15) is 4.99 Å². The number of hydrogen-bond acceptors (Lipinski definition) is 2. The van der Waals surface area contributed by atoms with Crippen LogP contribution in [0.15, 0.2) is 72.9 Å². The van der Waals surface area contributed by atoms with Crippen molar-refractivity contribution in [3.8, 4) is 0 Å². The Bertz CT molecular complexity index is 1480. The molecule has 0 bridgehead atoms. The summed E-state index contributed by atoms with van der Waals surface area (Å²) in [5, 5.41) is 2.37. The van der Waals surface area contributed by atoms with E-state index in [9.17, 15) is 4.79 Å². The van der Waals surface area contributed by atoms with Gasteiger partial charge >= 0.3 is 0 Å². The smallest absolute Gasteiger partial charge is 0.275 e. The number of carbonyl (C=O) groups excluding carboxylic acids is 1. The molecule has 6 rings (SSSR count). The lowest BCUT2D eigenvalue weighted by molar-refractivity contribution is -0.345. The Hall–Kier alpha value is -3.70. The number of likely N-dealkylation sites (N-methyl/N-ethyl adjacent to an activating group) is 1. The minimum Gasteiger partial charge on any atom is -0.350 e. The van der Waals surface area contributed by atoms with Crippen molar-refractivity contribution in [3.63, 3.8) is 0 Å². The fraction of sp³-hybridized carbons (Fsp3) is 0.111. The van der Waals surface area contributed by atoms with Crippen LogP contribution in [0.5, 0.6) is 0 Å². The SMILES string of the molecule is CCN1C(=O)C(C2=[NH+]c3cccc4cccc2c34)=S=C1C=C1c2ccccc2C=CN1C. The number of hydrogen-bond donors (Lipinski definition) is 1. The molecule has 0 saturated heterocycles. The third-order valence-electron chi connectivity index (χ3n) is 6.24. The predicted octanol–water partition coefficient (Wildman–Crippen LogP) is 3.21. The third-order valence-corrected chi connectivity index (χ3v) is 7.37. The molecule has 0 spiro atoms. The Morgan fingerprint density at radius 1 is 1.00 bits per heavy atom. The van der Waals surface area contributed by atoms with Gasteiger partial charge in [0.25, 0.3) is 5.91 Å². The molecule has 0 unspecified atom stereocenters. The van der Waals surface area contributed by atoms with E-state index in [2.05, 4.69) is 88.9 Å². The van der Waals surface area contributed by atoms with Crippen molar-refractivity contribution >= 4 is 60.6 Å². The van der Waals surface area contributed by atoms with Crippen molar-refractivity contribution in [2.75, 3.05) is 13.6 Å². The van der Waals surface area contributed by atoms with Crippen LogP contribution in [-0.4, -0.2) is 44.9 Å². The zero-order valence-corrected chi connectivity index (χ0v) is 18.7. The van der Waals surface area contributed by atoms with E-state index < -0.39 is 0 Å².